The molecule has 3 nitrogen and oxygen atoms in total. The lowest BCUT2D eigenvalue weighted by Crippen LogP contribution is -2.35. The fraction of sp³-hybridized carbons (Fsp3) is 0.600. The first-order chi connectivity index (χ1) is 9.18. The van der Waals surface area contributed by atoms with Crippen LogP contribution >= 0.6 is 0 Å². The molecule has 0 spiro atoms. The van der Waals surface area contributed by atoms with E-state index in [4.69, 9.17) is 10.5 Å². The van der Waals surface area contributed by atoms with Crippen LogP contribution in [0.25, 0.3) is 0 Å². The molecule has 1 aliphatic heterocycles. The summed E-state index contributed by atoms with van der Waals surface area (Å²) in [4.78, 5) is 2.36. The lowest BCUT2D eigenvalue weighted by Gasteiger charge is -2.27. The van der Waals surface area contributed by atoms with Gasteiger partial charge in [0.25, 0.3) is 0 Å². The maximum absolute atomic E-state index is 13.7. The Morgan fingerprint density at radius 1 is 1.32 bits per heavy atom. The summed E-state index contributed by atoms with van der Waals surface area (Å²) < 4.78 is 19.2. The smallest absolute Gasteiger partial charge is 0.127 e. The average Bonchev–Trinajstić information content (AvgIpc) is 2.67. The molecule has 2 rings (SSSR count). The Hall–Kier alpha value is -0.970. The van der Waals surface area contributed by atoms with Gasteiger partial charge in [0.1, 0.15) is 5.82 Å². The minimum atomic E-state index is -0.259. The Morgan fingerprint density at radius 2 is 2.11 bits per heavy atom. The van der Waals surface area contributed by atoms with Crippen molar-refractivity contribution in [1.29, 1.82) is 0 Å². The molecule has 1 aliphatic rings. The van der Waals surface area contributed by atoms with Gasteiger partial charge in [-0.3, -0.25) is 0 Å². The Bertz CT molecular complexity index is 391. The van der Waals surface area contributed by atoms with Gasteiger partial charge in [0, 0.05) is 37.8 Å². The van der Waals surface area contributed by atoms with Gasteiger partial charge in [0.2, 0.25) is 0 Å². The van der Waals surface area contributed by atoms with Gasteiger partial charge in [0.15, 0.2) is 0 Å². The Balaban J connectivity index is 1.95. The zero-order valence-corrected chi connectivity index (χ0v) is 11.5. The van der Waals surface area contributed by atoms with E-state index < -0.39 is 0 Å². The van der Waals surface area contributed by atoms with E-state index in [0.717, 1.165) is 39.3 Å². The van der Waals surface area contributed by atoms with Crippen molar-refractivity contribution in [3.8, 4) is 0 Å². The highest BCUT2D eigenvalue weighted by Gasteiger charge is 2.21. The molecule has 0 aliphatic carbocycles. The molecular formula is C15H23FN2O. The maximum Gasteiger partial charge on any atom is 0.127 e. The summed E-state index contributed by atoms with van der Waals surface area (Å²) in [6.07, 6.45) is 1.06. The van der Waals surface area contributed by atoms with Crippen LogP contribution in [0, 0.1) is 11.7 Å². The highest BCUT2D eigenvalue weighted by Crippen LogP contribution is 2.23. The van der Waals surface area contributed by atoms with E-state index in [1.54, 1.807) is 12.1 Å². The predicted molar refractivity (Wildman–Crippen MR) is 74.4 cm³/mol. The number of benzene rings is 1. The Kier molecular flexibility index (Phi) is 5.31. The minimum Gasteiger partial charge on any atom is -0.380 e. The Morgan fingerprint density at radius 3 is 2.89 bits per heavy atom. The number of rotatable bonds is 4. The molecule has 0 bridgehead atoms. The highest BCUT2D eigenvalue weighted by atomic mass is 19.1. The van der Waals surface area contributed by atoms with E-state index in [1.165, 1.54) is 6.07 Å². The van der Waals surface area contributed by atoms with Crippen LogP contribution < -0.4 is 5.73 Å². The van der Waals surface area contributed by atoms with Gasteiger partial charge >= 0.3 is 0 Å². The molecule has 2 unspecified atom stereocenters. The zero-order valence-electron chi connectivity index (χ0n) is 11.5. The number of hydrogen-bond donors (Lipinski definition) is 1. The molecule has 1 saturated heterocycles. The third-order valence-electron chi connectivity index (χ3n) is 3.74. The number of ether oxygens (including phenoxy) is 1. The molecular weight excluding hydrogens is 243 g/mol. The molecule has 4 heteroatoms. The summed E-state index contributed by atoms with van der Waals surface area (Å²) in [5, 5.41) is 0. The van der Waals surface area contributed by atoms with Crippen molar-refractivity contribution >= 4 is 0 Å². The van der Waals surface area contributed by atoms with Crippen LogP contribution in [0.5, 0.6) is 0 Å². The fourth-order valence-electron chi connectivity index (χ4n) is 2.55. The van der Waals surface area contributed by atoms with Crippen molar-refractivity contribution < 1.29 is 9.13 Å². The number of halogens is 1. The second-order valence-corrected chi connectivity index (χ2v) is 5.29. The molecule has 0 radical (unpaired) electrons. The summed E-state index contributed by atoms with van der Waals surface area (Å²) in [5.41, 5.74) is 6.81. The van der Waals surface area contributed by atoms with Crippen molar-refractivity contribution in [2.24, 2.45) is 11.7 Å². The van der Waals surface area contributed by atoms with Crippen LogP contribution in [0.3, 0.4) is 0 Å². The van der Waals surface area contributed by atoms with Crippen LogP contribution in [-0.2, 0) is 4.74 Å². The van der Waals surface area contributed by atoms with Crippen LogP contribution in [0.15, 0.2) is 24.3 Å². The van der Waals surface area contributed by atoms with Crippen LogP contribution in [0.4, 0.5) is 4.39 Å². The third-order valence-corrected chi connectivity index (χ3v) is 3.74. The Labute approximate surface area is 114 Å². The molecule has 0 saturated carbocycles. The van der Waals surface area contributed by atoms with E-state index in [9.17, 15) is 4.39 Å². The quantitative estimate of drug-likeness (QED) is 0.908. The molecule has 0 amide bonds. The van der Waals surface area contributed by atoms with Gasteiger partial charge in [-0.05, 0) is 18.4 Å². The lowest BCUT2D eigenvalue weighted by atomic mass is 9.94. The monoisotopic (exact) mass is 266 g/mol. The topological polar surface area (TPSA) is 38.5 Å². The van der Waals surface area contributed by atoms with Crippen LogP contribution in [0.1, 0.15) is 24.9 Å². The van der Waals surface area contributed by atoms with Gasteiger partial charge in [-0.1, -0.05) is 25.1 Å². The van der Waals surface area contributed by atoms with Crippen molar-refractivity contribution in [3.05, 3.63) is 35.6 Å². The van der Waals surface area contributed by atoms with Crippen molar-refractivity contribution in [2.75, 3.05) is 32.8 Å². The van der Waals surface area contributed by atoms with E-state index in [2.05, 4.69) is 11.8 Å². The molecule has 2 N–H and O–H groups in total. The molecule has 106 valence electrons. The molecule has 1 heterocycles. The second kappa shape index (κ2) is 6.98. The molecule has 1 aromatic carbocycles. The zero-order chi connectivity index (χ0) is 13.7. The van der Waals surface area contributed by atoms with Gasteiger partial charge in [-0.15, -0.1) is 0 Å². The predicted octanol–water partition coefficient (Wildman–Crippen LogP) is 2.18. The SMILES string of the molecule is CC(CN1CCCOCC1)C(N)c1ccccc1F. The normalized spacial score (nSPS) is 20.8. The van der Waals surface area contributed by atoms with E-state index in [-0.39, 0.29) is 17.8 Å². The largest absolute Gasteiger partial charge is 0.380 e. The first kappa shape index (κ1) is 14.4. The highest BCUT2D eigenvalue weighted by molar-refractivity contribution is 5.21. The van der Waals surface area contributed by atoms with E-state index in [1.807, 2.05) is 6.07 Å². The van der Waals surface area contributed by atoms with E-state index >= 15 is 0 Å². The first-order valence-corrected chi connectivity index (χ1v) is 6.98. The molecule has 2 atom stereocenters. The van der Waals surface area contributed by atoms with Crippen LogP contribution in [0.2, 0.25) is 0 Å². The second-order valence-electron chi connectivity index (χ2n) is 5.29. The minimum absolute atomic E-state index is 0.207. The molecule has 1 aromatic rings. The molecule has 1 fully saturated rings. The standard InChI is InChI=1S/C15H23FN2O/c1-12(11-18-7-4-9-19-10-8-18)15(17)13-5-2-3-6-14(13)16/h2-3,5-6,12,15H,4,7-11,17H2,1H3. The number of nitrogens with two attached hydrogens (primary N) is 1. The third kappa shape index (κ3) is 4.00. The fourth-order valence-corrected chi connectivity index (χ4v) is 2.55. The summed E-state index contributed by atoms with van der Waals surface area (Å²) in [7, 11) is 0. The van der Waals surface area contributed by atoms with Gasteiger partial charge in [-0.2, -0.15) is 0 Å². The molecule has 0 aromatic heterocycles. The lowest BCUT2D eigenvalue weighted by molar-refractivity contribution is 0.137. The van der Waals surface area contributed by atoms with Gasteiger partial charge < -0.3 is 15.4 Å². The number of hydrogen-bond acceptors (Lipinski definition) is 3. The van der Waals surface area contributed by atoms with Crippen molar-refractivity contribution in [3.63, 3.8) is 0 Å². The van der Waals surface area contributed by atoms with Crippen LogP contribution in [-0.4, -0.2) is 37.7 Å². The summed E-state index contributed by atoms with van der Waals surface area (Å²) in [5.74, 6) is 0.0102. The van der Waals surface area contributed by atoms with Crippen molar-refractivity contribution in [1.82, 2.24) is 4.90 Å². The van der Waals surface area contributed by atoms with Gasteiger partial charge in [-0.25, -0.2) is 4.39 Å². The van der Waals surface area contributed by atoms with Gasteiger partial charge in [0.05, 0.1) is 6.61 Å². The van der Waals surface area contributed by atoms with E-state index in [0.29, 0.717) is 5.56 Å². The van der Waals surface area contributed by atoms with Crippen molar-refractivity contribution in [2.45, 2.75) is 19.4 Å². The number of nitrogens with zero attached hydrogens (tertiary/aromatic N) is 1. The summed E-state index contributed by atoms with van der Waals surface area (Å²) >= 11 is 0. The summed E-state index contributed by atoms with van der Waals surface area (Å²) in [6.45, 7) is 6.57. The maximum atomic E-state index is 13.7. The first-order valence-electron chi connectivity index (χ1n) is 6.98. The summed E-state index contributed by atoms with van der Waals surface area (Å²) in [6, 6.07) is 6.53. The average molecular weight is 266 g/mol. The molecule has 19 heavy (non-hydrogen) atoms.